The van der Waals surface area contributed by atoms with Gasteiger partial charge in [0, 0.05) is 0 Å². The summed E-state index contributed by atoms with van der Waals surface area (Å²) in [5.74, 6) is 4.60. The molecule has 0 aliphatic heterocycles. The first-order chi connectivity index (χ1) is 8.00. The Labute approximate surface area is 106 Å². The lowest BCUT2D eigenvalue weighted by atomic mass is 9.62. The van der Waals surface area contributed by atoms with E-state index in [1.807, 2.05) is 0 Å². The average Bonchev–Trinajstić information content (AvgIpc) is 2.79. The minimum atomic E-state index is 0.0104. The van der Waals surface area contributed by atoms with Crippen LogP contribution >= 0.6 is 0 Å². The molecule has 3 fully saturated rings. The SMILES string of the molecule is C[C@H]1[C@@H]2C[C@@H](C[C@@H]2[C@@H]2CCC[C@H](O)C2)C1(C)C. The number of hydrogen-bond acceptors (Lipinski definition) is 1. The lowest BCUT2D eigenvalue weighted by molar-refractivity contribution is 0.0247. The minimum absolute atomic E-state index is 0.0104. The van der Waals surface area contributed by atoms with Gasteiger partial charge >= 0.3 is 0 Å². The molecule has 0 amide bonds. The maximum atomic E-state index is 9.88. The van der Waals surface area contributed by atoms with Crippen molar-refractivity contribution < 1.29 is 5.11 Å². The highest BCUT2D eigenvalue weighted by atomic mass is 16.3. The third-order valence-electron chi connectivity index (χ3n) is 6.82. The molecule has 0 aromatic heterocycles. The highest BCUT2D eigenvalue weighted by Crippen LogP contribution is 2.63. The van der Waals surface area contributed by atoms with Gasteiger partial charge in [-0.3, -0.25) is 0 Å². The van der Waals surface area contributed by atoms with E-state index in [1.54, 1.807) is 0 Å². The van der Waals surface area contributed by atoms with Gasteiger partial charge in [-0.05, 0) is 67.1 Å². The Hall–Kier alpha value is -0.0400. The molecule has 1 heteroatoms. The Bertz CT molecular complexity index is 292. The summed E-state index contributed by atoms with van der Waals surface area (Å²) in [6, 6.07) is 0. The molecule has 0 saturated heterocycles. The molecule has 1 nitrogen and oxygen atoms in total. The summed E-state index contributed by atoms with van der Waals surface area (Å²) < 4.78 is 0. The summed E-state index contributed by atoms with van der Waals surface area (Å²) in [5, 5.41) is 9.88. The van der Waals surface area contributed by atoms with Crippen molar-refractivity contribution in [3.8, 4) is 0 Å². The predicted molar refractivity (Wildman–Crippen MR) is 70.6 cm³/mol. The molecule has 6 atom stereocenters. The van der Waals surface area contributed by atoms with Crippen molar-refractivity contribution in [2.75, 3.05) is 0 Å². The van der Waals surface area contributed by atoms with E-state index in [0.29, 0.717) is 5.41 Å². The van der Waals surface area contributed by atoms with E-state index in [9.17, 15) is 5.11 Å². The van der Waals surface area contributed by atoms with Crippen molar-refractivity contribution in [3.05, 3.63) is 0 Å². The minimum Gasteiger partial charge on any atom is -0.393 e. The molecule has 0 radical (unpaired) electrons. The predicted octanol–water partition coefficient (Wildman–Crippen LogP) is 3.86. The van der Waals surface area contributed by atoms with Gasteiger partial charge in [-0.1, -0.05) is 27.2 Å². The molecule has 0 aromatic carbocycles. The number of fused-ring (bicyclic) bond motifs is 2. The van der Waals surface area contributed by atoms with Crippen LogP contribution in [0.15, 0.2) is 0 Å². The first-order valence-corrected chi connectivity index (χ1v) is 7.68. The topological polar surface area (TPSA) is 20.2 Å². The molecular formula is C16H28O. The van der Waals surface area contributed by atoms with Gasteiger partial charge in [0.25, 0.3) is 0 Å². The maximum absolute atomic E-state index is 9.88. The fraction of sp³-hybridized carbons (Fsp3) is 1.00. The first kappa shape index (κ1) is 12.0. The van der Waals surface area contributed by atoms with Gasteiger partial charge in [-0.2, -0.15) is 0 Å². The standard InChI is InChI=1S/C16H28O/c1-10-14-8-12(16(10,2)3)9-15(14)11-5-4-6-13(17)7-11/h10-15,17H,4-9H2,1-3H3/t10-,11+,12-,13-,14-,15+/m0/s1. The van der Waals surface area contributed by atoms with Crippen LogP contribution in [0.2, 0.25) is 0 Å². The van der Waals surface area contributed by atoms with Gasteiger partial charge in [0.15, 0.2) is 0 Å². The summed E-state index contributed by atoms with van der Waals surface area (Å²) in [6.07, 6.45) is 7.75. The smallest absolute Gasteiger partial charge is 0.0543 e. The van der Waals surface area contributed by atoms with Gasteiger partial charge in [0.05, 0.1) is 6.10 Å². The normalized spacial score (nSPS) is 52.9. The number of aliphatic hydroxyl groups excluding tert-OH is 1. The van der Waals surface area contributed by atoms with Crippen LogP contribution in [0, 0.1) is 35.0 Å². The quantitative estimate of drug-likeness (QED) is 0.733. The first-order valence-electron chi connectivity index (χ1n) is 7.68. The maximum Gasteiger partial charge on any atom is 0.0543 e. The van der Waals surface area contributed by atoms with E-state index < -0.39 is 0 Å². The van der Waals surface area contributed by atoms with E-state index in [0.717, 1.165) is 42.4 Å². The van der Waals surface area contributed by atoms with Crippen LogP contribution in [0.3, 0.4) is 0 Å². The van der Waals surface area contributed by atoms with Crippen LogP contribution in [0.25, 0.3) is 0 Å². The van der Waals surface area contributed by atoms with Gasteiger partial charge in [0.1, 0.15) is 0 Å². The molecule has 2 bridgehead atoms. The fourth-order valence-electron chi connectivity index (χ4n) is 5.34. The molecule has 0 heterocycles. The molecule has 3 aliphatic carbocycles. The van der Waals surface area contributed by atoms with Gasteiger partial charge in [-0.15, -0.1) is 0 Å². The Morgan fingerprint density at radius 3 is 2.29 bits per heavy atom. The van der Waals surface area contributed by atoms with E-state index in [-0.39, 0.29) is 6.10 Å². The second-order valence-corrected chi connectivity index (χ2v) is 7.69. The molecule has 3 rings (SSSR count). The molecule has 0 aromatic rings. The monoisotopic (exact) mass is 236 g/mol. The number of rotatable bonds is 1. The molecule has 3 saturated carbocycles. The van der Waals surface area contributed by atoms with Crippen LogP contribution in [0.1, 0.15) is 59.3 Å². The van der Waals surface area contributed by atoms with E-state index in [2.05, 4.69) is 20.8 Å². The van der Waals surface area contributed by atoms with Crippen LogP contribution in [-0.4, -0.2) is 11.2 Å². The summed E-state index contributed by atoms with van der Waals surface area (Å²) in [7, 11) is 0. The van der Waals surface area contributed by atoms with Crippen molar-refractivity contribution in [3.63, 3.8) is 0 Å². The number of hydrogen-bond donors (Lipinski definition) is 1. The Morgan fingerprint density at radius 2 is 1.71 bits per heavy atom. The molecule has 0 spiro atoms. The Morgan fingerprint density at radius 1 is 1.00 bits per heavy atom. The van der Waals surface area contributed by atoms with E-state index in [4.69, 9.17) is 0 Å². The van der Waals surface area contributed by atoms with Crippen molar-refractivity contribution in [2.24, 2.45) is 35.0 Å². The highest BCUT2D eigenvalue weighted by Gasteiger charge is 2.56. The number of aliphatic hydroxyl groups is 1. The Kier molecular flexibility index (Phi) is 2.81. The van der Waals surface area contributed by atoms with Crippen molar-refractivity contribution in [1.82, 2.24) is 0 Å². The van der Waals surface area contributed by atoms with Crippen LogP contribution in [0.5, 0.6) is 0 Å². The summed E-state index contributed by atoms with van der Waals surface area (Å²) in [6.45, 7) is 7.44. The van der Waals surface area contributed by atoms with Crippen molar-refractivity contribution in [2.45, 2.75) is 65.4 Å². The highest BCUT2D eigenvalue weighted by molar-refractivity contribution is 5.05. The van der Waals surface area contributed by atoms with Crippen molar-refractivity contribution in [1.29, 1.82) is 0 Å². The molecule has 0 unspecified atom stereocenters. The van der Waals surface area contributed by atoms with E-state index in [1.165, 1.54) is 25.7 Å². The molecule has 17 heavy (non-hydrogen) atoms. The van der Waals surface area contributed by atoms with Gasteiger partial charge in [0.2, 0.25) is 0 Å². The van der Waals surface area contributed by atoms with Crippen LogP contribution in [-0.2, 0) is 0 Å². The van der Waals surface area contributed by atoms with E-state index >= 15 is 0 Å². The molecule has 3 aliphatic rings. The average molecular weight is 236 g/mol. The molecule has 98 valence electrons. The summed E-state index contributed by atoms with van der Waals surface area (Å²) in [5.41, 5.74) is 0.578. The zero-order valence-corrected chi connectivity index (χ0v) is 11.7. The van der Waals surface area contributed by atoms with Crippen LogP contribution < -0.4 is 0 Å². The second-order valence-electron chi connectivity index (χ2n) is 7.69. The zero-order valence-electron chi connectivity index (χ0n) is 11.7. The third kappa shape index (κ3) is 1.77. The largest absolute Gasteiger partial charge is 0.393 e. The summed E-state index contributed by atoms with van der Waals surface area (Å²) >= 11 is 0. The van der Waals surface area contributed by atoms with Gasteiger partial charge in [-0.25, -0.2) is 0 Å². The Balaban J connectivity index is 1.72. The lowest BCUT2D eigenvalue weighted by Gasteiger charge is -2.44. The molecular weight excluding hydrogens is 208 g/mol. The summed E-state index contributed by atoms with van der Waals surface area (Å²) in [4.78, 5) is 0. The van der Waals surface area contributed by atoms with Gasteiger partial charge < -0.3 is 5.11 Å². The lowest BCUT2D eigenvalue weighted by Crippen LogP contribution is -2.37. The van der Waals surface area contributed by atoms with Crippen LogP contribution in [0.4, 0.5) is 0 Å². The second kappa shape index (κ2) is 3.98. The zero-order chi connectivity index (χ0) is 12.2. The fourth-order valence-corrected chi connectivity index (χ4v) is 5.34. The third-order valence-corrected chi connectivity index (χ3v) is 6.82. The van der Waals surface area contributed by atoms with Crippen molar-refractivity contribution >= 4 is 0 Å². The molecule has 1 N–H and O–H groups in total.